The molecule has 1 aliphatic heterocycles. The summed E-state index contributed by atoms with van der Waals surface area (Å²) in [5.41, 5.74) is 9.36. The van der Waals surface area contributed by atoms with Gasteiger partial charge in [-0.1, -0.05) is 41.9 Å². The number of aliphatic carboxylic acids is 1. The number of carbonyl (C=O) groups excluding carboxylic acids is 1. The average Bonchev–Trinajstić information content (AvgIpc) is 3.08. The molecule has 0 aliphatic carbocycles. The highest BCUT2D eigenvalue weighted by Gasteiger charge is 2.28. The summed E-state index contributed by atoms with van der Waals surface area (Å²) >= 11 is 6.32. The Labute approximate surface area is 161 Å². The second-order valence-electron chi connectivity index (χ2n) is 6.52. The third kappa shape index (κ3) is 3.95. The quantitative estimate of drug-likeness (QED) is 0.823. The zero-order chi connectivity index (χ0) is 19.6. The minimum absolute atomic E-state index is 0.169. The van der Waals surface area contributed by atoms with Gasteiger partial charge < -0.3 is 15.7 Å². The molecule has 1 unspecified atom stereocenters. The lowest BCUT2D eigenvalue weighted by molar-refractivity contribution is -0.136. The fourth-order valence-corrected chi connectivity index (χ4v) is 3.61. The summed E-state index contributed by atoms with van der Waals surface area (Å²) in [6.45, 7) is 1.04. The number of nitriles is 1. The van der Waals surface area contributed by atoms with Crippen molar-refractivity contribution in [1.82, 2.24) is 4.90 Å². The lowest BCUT2D eigenvalue weighted by Crippen LogP contribution is -2.42. The normalized spacial score (nSPS) is 13.7. The van der Waals surface area contributed by atoms with Crippen molar-refractivity contribution in [1.29, 1.82) is 5.26 Å². The number of carboxylic acids is 1. The summed E-state index contributed by atoms with van der Waals surface area (Å²) in [6.07, 6.45) is -0.191. The van der Waals surface area contributed by atoms with Gasteiger partial charge in [-0.3, -0.25) is 9.59 Å². The fraction of sp³-hybridized carbons (Fsp3) is 0.250. The largest absolute Gasteiger partial charge is 0.481 e. The Balaban J connectivity index is 1.76. The van der Waals surface area contributed by atoms with Crippen molar-refractivity contribution in [2.24, 2.45) is 5.73 Å². The van der Waals surface area contributed by atoms with Crippen molar-refractivity contribution in [3.05, 3.63) is 69.2 Å². The van der Waals surface area contributed by atoms with Gasteiger partial charge >= 0.3 is 5.97 Å². The summed E-state index contributed by atoms with van der Waals surface area (Å²) in [6, 6.07) is 12.1. The highest BCUT2D eigenvalue weighted by molar-refractivity contribution is 6.32. The van der Waals surface area contributed by atoms with Gasteiger partial charge in [-0.2, -0.15) is 5.26 Å². The molecular formula is C20H18ClN3O3. The SMILES string of the molecule is N#Cc1ccc(CC(N)C(=O)N2Cc3ccccc3C2)c(Cl)c1CC(=O)O. The van der Waals surface area contributed by atoms with E-state index in [1.807, 2.05) is 30.3 Å². The van der Waals surface area contributed by atoms with Gasteiger partial charge in [-0.15, -0.1) is 0 Å². The molecule has 0 aromatic heterocycles. The highest BCUT2D eigenvalue weighted by atomic mass is 35.5. The standard InChI is InChI=1S/C20H18ClN3O3/c21-19-12(5-6-13(9-22)16(19)8-18(25)26)7-17(23)20(27)24-10-14-3-1-2-4-15(14)11-24/h1-6,17H,7-8,10-11,23H2,(H,25,26). The molecule has 7 heteroatoms. The van der Waals surface area contributed by atoms with Gasteiger partial charge in [0.05, 0.1) is 24.1 Å². The van der Waals surface area contributed by atoms with E-state index in [2.05, 4.69) is 0 Å². The van der Waals surface area contributed by atoms with Crippen LogP contribution < -0.4 is 5.73 Å². The maximum atomic E-state index is 12.7. The van der Waals surface area contributed by atoms with E-state index in [-0.39, 0.29) is 34.9 Å². The maximum absolute atomic E-state index is 12.7. The molecule has 6 nitrogen and oxygen atoms in total. The zero-order valence-electron chi connectivity index (χ0n) is 14.5. The van der Waals surface area contributed by atoms with E-state index in [1.54, 1.807) is 11.0 Å². The van der Waals surface area contributed by atoms with Crippen LogP contribution in [-0.2, 0) is 35.5 Å². The van der Waals surface area contributed by atoms with E-state index in [9.17, 15) is 9.59 Å². The number of carbonyl (C=O) groups is 2. The molecule has 0 bridgehead atoms. The van der Waals surface area contributed by atoms with Crippen molar-refractivity contribution < 1.29 is 14.7 Å². The fourth-order valence-electron chi connectivity index (χ4n) is 3.30. The van der Waals surface area contributed by atoms with Crippen LogP contribution in [0.15, 0.2) is 36.4 Å². The molecule has 0 saturated carbocycles. The molecular weight excluding hydrogens is 366 g/mol. The Hall–Kier alpha value is -2.88. The third-order valence-corrected chi connectivity index (χ3v) is 5.15. The Kier molecular flexibility index (Phi) is 5.45. The van der Waals surface area contributed by atoms with Gasteiger partial charge in [0.1, 0.15) is 0 Å². The van der Waals surface area contributed by atoms with Crippen LogP contribution in [0.1, 0.15) is 27.8 Å². The molecule has 0 saturated heterocycles. The molecule has 1 atom stereocenters. The average molecular weight is 384 g/mol. The zero-order valence-corrected chi connectivity index (χ0v) is 15.2. The second kappa shape index (κ2) is 7.78. The predicted octanol–water partition coefficient (Wildman–Crippen LogP) is 2.25. The monoisotopic (exact) mass is 383 g/mol. The molecule has 3 rings (SSSR count). The first-order valence-corrected chi connectivity index (χ1v) is 8.81. The molecule has 0 spiro atoms. The first kappa shape index (κ1) is 18.9. The number of hydrogen-bond acceptors (Lipinski definition) is 4. The Morgan fingerprint density at radius 1 is 1.22 bits per heavy atom. The smallest absolute Gasteiger partial charge is 0.307 e. The van der Waals surface area contributed by atoms with Crippen LogP contribution >= 0.6 is 11.6 Å². The van der Waals surface area contributed by atoms with Crippen molar-refractivity contribution >= 4 is 23.5 Å². The lowest BCUT2D eigenvalue weighted by Gasteiger charge is -2.21. The molecule has 3 N–H and O–H groups in total. The lowest BCUT2D eigenvalue weighted by atomic mass is 9.97. The van der Waals surface area contributed by atoms with Gasteiger partial charge in [0.2, 0.25) is 5.91 Å². The molecule has 1 heterocycles. The summed E-state index contributed by atoms with van der Waals surface area (Å²) in [5.74, 6) is -1.27. The third-order valence-electron chi connectivity index (χ3n) is 4.68. The van der Waals surface area contributed by atoms with Crippen LogP contribution in [0.4, 0.5) is 0 Å². The summed E-state index contributed by atoms with van der Waals surface area (Å²) in [4.78, 5) is 25.5. The van der Waals surface area contributed by atoms with Crippen molar-refractivity contribution in [3.8, 4) is 6.07 Å². The van der Waals surface area contributed by atoms with E-state index < -0.39 is 12.0 Å². The van der Waals surface area contributed by atoms with Gasteiger partial charge in [-0.05, 0) is 34.7 Å². The highest BCUT2D eigenvalue weighted by Crippen LogP contribution is 2.27. The number of fused-ring (bicyclic) bond motifs is 1. The second-order valence-corrected chi connectivity index (χ2v) is 6.90. The molecule has 138 valence electrons. The van der Waals surface area contributed by atoms with Crippen LogP contribution in [0.3, 0.4) is 0 Å². The van der Waals surface area contributed by atoms with Crippen LogP contribution in [-0.4, -0.2) is 27.9 Å². The predicted molar refractivity (Wildman–Crippen MR) is 99.9 cm³/mol. The number of nitrogens with two attached hydrogens (primary N) is 1. The number of nitrogens with zero attached hydrogens (tertiary/aromatic N) is 2. The Morgan fingerprint density at radius 3 is 2.41 bits per heavy atom. The molecule has 1 amide bonds. The van der Waals surface area contributed by atoms with E-state index in [0.717, 1.165) is 11.1 Å². The van der Waals surface area contributed by atoms with E-state index >= 15 is 0 Å². The molecule has 0 radical (unpaired) electrons. The molecule has 2 aromatic carbocycles. The Bertz CT molecular complexity index is 927. The minimum Gasteiger partial charge on any atom is -0.481 e. The van der Waals surface area contributed by atoms with Gasteiger partial charge in [0.25, 0.3) is 0 Å². The Morgan fingerprint density at radius 2 is 1.85 bits per heavy atom. The number of rotatable bonds is 5. The maximum Gasteiger partial charge on any atom is 0.307 e. The molecule has 27 heavy (non-hydrogen) atoms. The molecule has 2 aromatic rings. The number of hydrogen-bond donors (Lipinski definition) is 2. The first-order valence-electron chi connectivity index (χ1n) is 8.44. The summed E-state index contributed by atoms with van der Waals surface area (Å²) in [7, 11) is 0. The topological polar surface area (TPSA) is 107 Å². The summed E-state index contributed by atoms with van der Waals surface area (Å²) in [5, 5.41) is 18.4. The molecule has 1 aliphatic rings. The van der Waals surface area contributed by atoms with Crippen LogP contribution in [0, 0.1) is 11.3 Å². The van der Waals surface area contributed by atoms with E-state index in [0.29, 0.717) is 18.7 Å². The van der Waals surface area contributed by atoms with E-state index in [1.165, 1.54) is 6.07 Å². The van der Waals surface area contributed by atoms with Gasteiger partial charge in [-0.25, -0.2) is 0 Å². The number of benzene rings is 2. The van der Waals surface area contributed by atoms with Crippen LogP contribution in [0.2, 0.25) is 5.02 Å². The van der Waals surface area contributed by atoms with Crippen molar-refractivity contribution in [2.45, 2.75) is 32.0 Å². The van der Waals surface area contributed by atoms with Crippen molar-refractivity contribution in [2.75, 3.05) is 0 Å². The number of halogens is 1. The summed E-state index contributed by atoms with van der Waals surface area (Å²) < 4.78 is 0. The van der Waals surface area contributed by atoms with Crippen LogP contribution in [0.25, 0.3) is 0 Å². The molecule has 0 fully saturated rings. The number of amides is 1. The minimum atomic E-state index is -1.08. The van der Waals surface area contributed by atoms with E-state index in [4.69, 9.17) is 27.7 Å². The number of carboxylic acid groups (broad SMARTS) is 1. The first-order chi connectivity index (χ1) is 12.9. The van der Waals surface area contributed by atoms with Gasteiger partial charge in [0, 0.05) is 18.1 Å². The van der Waals surface area contributed by atoms with Crippen LogP contribution in [0.5, 0.6) is 0 Å². The van der Waals surface area contributed by atoms with Crippen molar-refractivity contribution in [3.63, 3.8) is 0 Å². The van der Waals surface area contributed by atoms with Gasteiger partial charge in [0.15, 0.2) is 0 Å².